The highest BCUT2D eigenvalue weighted by Crippen LogP contribution is 2.18. The Kier molecular flexibility index (Phi) is 4.52. The van der Waals surface area contributed by atoms with Crippen LogP contribution in [0.1, 0.15) is 23.8 Å². The lowest BCUT2D eigenvalue weighted by Crippen LogP contribution is -2.39. The zero-order chi connectivity index (χ0) is 13.8. The largest absolute Gasteiger partial charge is 0.406 e. The maximum absolute atomic E-state index is 12.3. The summed E-state index contributed by atoms with van der Waals surface area (Å²) in [7, 11) is 0. The summed E-state index contributed by atoms with van der Waals surface area (Å²) in [6, 6.07) is 2.73. The number of anilines is 1. The summed E-state index contributed by atoms with van der Waals surface area (Å²) in [5.41, 5.74) is 5.68. The first kappa shape index (κ1) is 14.3. The normalized spacial score (nSPS) is 11.3. The molecule has 100 valence electrons. The van der Waals surface area contributed by atoms with Crippen molar-refractivity contribution in [2.24, 2.45) is 0 Å². The van der Waals surface area contributed by atoms with E-state index < -0.39 is 18.6 Å². The van der Waals surface area contributed by atoms with Gasteiger partial charge in [0, 0.05) is 18.4 Å². The van der Waals surface area contributed by atoms with Crippen LogP contribution in [0.2, 0.25) is 0 Å². The van der Waals surface area contributed by atoms with Gasteiger partial charge in [-0.25, -0.2) is 0 Å². The van der Waals surface area contributed by atoms with Gasteiger partial charge in [-0.3, -0.25) is 9.78 Å². The lowest BCUT2D eigenvalue weighted by molar-refractivity contribution is -0.140. The van der Waals surface area contributed by atoms with Gasteiger partial charge >= 0.3 is 6.18 Å². The predicted octanol–water partition coefficient (Wildman–Crippen LogP) is 2.08. The maximum atomic E-state index is 12.3. The number of pyridine rings is 1. The Morgan fingerprint density at radius 3 is 2.67 bits per heavy atom. The van der Waals surface area contributed by atoms with Crippen molar-refractivity contribution in [3.8, 4) is 0 Å². The number of carbonyl (C=O) groups excluding carboxylic acids is 1. The van der Waals surface area contributed by atoms with Crippen molar-refractivity contribution < 1.29 is 18.0 Å². The number of amides is 1. The standard InChI is InChI=1S/C11H14F3N3O/c1-2-5-17(7-11(12,13)14)10(18)9-6-8(15)3-4-16-9/h3-4,6H,2,5,7H2,1H3,(H2,15,16). The first-order chi connectivity index (χ1) is 8.33. The highest BCUT2D eigenvalue weighted by atomic mass is 19.4. The van der Waals surface area contributed by atoms with Crippen LogP contribution in [0.15, 0.2) is 18.3 Å². The third kappa shape index (κ3) is 4.23. The Hall–Kier alpha value is -1.79. The van der Waals surface area contributed by atoms with E-state index in [1.165, 1.54) is 18.3 Å². The molecule has 0 unspecified atom stereocenters. The molecule has 1 aromatic rings. The third-order valence-electron chi connectivity index (χ3n) is 2.15. The summed E-state index contributed by atoms with van der Waals surface area (Å²) in [4.78, 5) is 16.3. The van der Waals surface area contributed by atoms with Crippen molar-refractivity contribution >= 4 is 11.6 Å². The summed E-state index contributed by atoms with van der Waals surface area (Å²) >= 11 is 0. The number of carbonyl (C=O) groups is 1. The van der Waals surface area contributed by atoms with Gasteiger partial charge in [0.2, 0.25) is 0 Å². The Balaban J connectivity index is 2.89. The van der Waals surface area contributed by atoms with Gasteiger partial charge in [-0.1, -0.05) is 6.92 Å². The van der Waals surface area contributed by atoms with Crippen molar-refractivity contribution in [3.63, 3.8) is 0 Å². The highest BCUT2D eigenvalue weighted by molar-refractivity contribution is 5.93. The molecule has 2 N–H and O–H groups in total. The van der Waals surface area contributed by atoms with Crippen molar-refractivity contribution in [2.75, 3.05) is 18.8 Å². The Labute approximate surface area is 103 Å². The Morgan fingerprint density at radius 2 is 2.17 bits per heavy atom. The topological polar surface area (TPSA) is 59.2 Å². The van der Waals surface area contributed by atoms with E-state index in [4.69, 9.17) is 5.73 Å². The van der Waals surface area contributed by atoms with Crippen molar-refractivity contribution in [3.05, 3.63) is 24.0 Å². The minimum atomic E-state index is -4.43. The van der Waals surface area contributed by atoms with Gasteiger partial charge in [0.1, 0.15) is 12.2 Å². The minimum Gasteiger partial charge on any atom is -0.399 e. The molecule has 0 saturated carbocycles. The molecule has 7 heteroatoms. The second-order valence-corrected chi connectivity index (χ2v) is 3.82. The first-order valence-corrected chi connectivity index (χ1v) is 5.41. The molecule has 0 aromatic carbocycles. The van der Waals surface area contributed by atoms with Crippen LogP contribution in [0.3, 0.4) is 0 Å². The molecule has 0 saturated heterocycles. The number of alkyl halides is 3. The summed E-state index contributed by atoms with van der Waals surface area (Å²) < 4.78 is 37.0. The first-order valence-electron chi connectivity index (χ1n) is 5.41. The summed E-state index contributed by atoms with van der Waals surface area (Å²) in [5.74, 6) is -0.763. The van der Waals surface area contributed by atoms with Gasteiger partial charge in [-0.15, -0.1) is 0 Å². The van der Waals surface area contributed by atoms with Gasteiger partial charge < -0.3 is 10.6 Å². The number of rotatable bonds is 4. The molecule has 0 radical (unpaired) electrons. The molecule has 0 aliphatic heterocycles. The predicted molar refractivity (Wildman–Crippen MR) is 60.9 cm³/mol. The second-order valence-electron chi connectivity index (χ2n) is 3.82. The number of halogens is 3. The molecule has 1 aromatic heterocycles. The van der Waals surface area contributed by atoms with Crippen LogP contribution >= 0.6 is 0 Å². The van der Waals surface area contributed by atoms with Gasteiger partial charge in [0.25, 0.3) is 5.91 Å². The number of nitrogen functional groups attached to an aromatic ring is 1. The second kappa shape index (κ2) is 5.70. The molecular weight excluding hydrogens is 247 g/mol. The van der Waals surface area contributed by atoms with Crippen LogP contribution in [0.4, 0.5) is 18.9 Å². The molecule has 0 atom stereocenters. The molecule has 0 aliphatic carbocycles. The van der Waals surface area contributed by atoms with E-state index in [2.05, 4.69) is 4.98 Å². The van der Waals surface area contributed by atoms with Crippen molar-refractivity contribution in [1.29, 1.82) is 0 Å². The van der Waals surface area contributed by atoms with Gasteiger partial charge in [-0.05, 0) is 18.6 Å². The average Bonchev–Trinajstić information content (AvgIpc) is 2.26. The van der Waals surface area contributed by atoms with Crippen LogP contribution in [-0.4, -0.2) is 35.1 Å². The van der Waals surface area contributed by atoms with Crippen LogP contribution in [-0.2, 0) is 0 Å². The van der Waals surface area contributed by atoms with E-state index in [9.17, 15) is 18.0 Å². The third-order valence-corrected chi connectivity index (χ3v) is 2.15. The molecule has 1 rings (SSSR count). The van der Waals surface area contributed by atoms with Gasteiger partial charge in [-0.2, -0.15) is 13.2 Å². The number of nitrogens with two attached hydrogens (primary N) is 1. The molecule has 1 amide bonds. The van der Waals surface area contributed by atoms with Crippen molar-refractivity contribution in [1.82, 2.24) is 9.88 Å². The van der Waals surface area contributed by atoms with Crippen LogP contribution in [0, 0.1) is 0 Å². The van der Waals surface area contributed by atoms with Crippen LogP contribution in [0.25, 0.3) is 0 Å². The van der Waals surface area contributed by atoms with Crippen molar-refractivity contribution in [2.45, 2.75) is 19.5 Å². The molecule has 0 fully saturated rings. The summed E-state index contributed by atoms with van der Waals surface area (Å²) in [6.45, 7) is 0.439. The van der Waals surface area contributed by atoms with E-state index in [0.29, 0.717) is 6.42 Å². The van der Waals surface area contributed by atoms with Crippen LogP contribution in [0.5, 0.6) is 0 Å². The lowest BCUT2D eigenvalue weighted by Gasteiger charge is -2.23. The van der Waals surface area contributed by atoms with Gasteiger partial charge in [0.15, 0.2) is 0 Å². The fourth-order valence-corrected chi connectivity index (χ4v) is 1.46. The summed E-state index contributed by atoms with van der Waals surface area (Å²) in [6.07, 6.45) is -2.70. The molecule has 4 nitrogen and oxygen atoms in total. The molecule has 0 aliphatic rings. The fourth-order valence-electron chi connectivity index (χ4n) is 1.46. The number of hydrogen-bond donors (Lipinski definition) is 1. The average molecular weight is 261 g/mol. The molecule has 0 spiro atoms. The SMILES string of the molecule is CCCN(CC(F)(F)F)C(=O)c1cc(N)ccn1. The Morgan fingerprint density at radius 1 is 1.50 bits per heavy atom. The molecular formula is C11H14F3N3O. The van der Waals surface area contributed by atoms with Crippen LogP contribution < -0.4 is 5.73 Å². The smallest absolute Gasteiger partial charge is 0.399 e. The number of nitrogens with zero attached hydrogens (tertiary/aromatic N) is 2. The minimum absolute atomic E-state index is 0.0226. The summed E-state index contributed by atoms with van der Waals surface area (Å²) in [5, 5.41) is 0. The lowest BCUT2D eigenvalue weighted by atomic mass is 10.2. The quantitative estimate of drug-likeness (QED) is 0.902. The van der Waals surface area contributed by atoms with E-state index in [0.717, 1.165) is 4.90 Å². The number of aromatic nitrogens is 1. The Bertz CT molecular complexity index is 420. The fraction of sp³-hybridized carbons (Fsp3) is 0.455. The highest BCUT2D eigenvalue weighted by Gasteiger charge is 2.33. The zero-order valence-electron chi connectivity index (χ0n) is 9.87. The van der Waals surface area contributed by atoms with E-state index in [-0.39, 0.29) is 17.9 Å². The maximum Gasteiger partial charge on any atom is 0.406 e. The van der Waals surface area contributed by atoms with E-state index >= 15 is 0 Å². The van der Waals surface area contributed by atoms with E-state index in [1.807, 2.05) is 0 Å². The molecule has 0 bridgehead atoms. The molecule has 1 heterocycles. The number of hydrogen-bond acceptors (Lipinski definition) is 3. The molecule has 18 heavy (non-hydrogen) atoms. The van der Waals surface area contributed by atoms with E-state index in [1.54, 1.807) is 6.92 Å². The zero-order valence-corrected chi connectivity index (χ0v) is 9.87. The van der Waals surface area contributed by atoms with Gasteiger partial charge in [0.05, 0.1) is 0 Å². The monoisotopic (exact) mass is 261 g/mol.